The van der Waals surface area contributed by atoms with Crippen LogP contribution in [0.5, 0.6) is 0 Å². The third-order valence-corrected chi connectivity index (χ3v) is 2.78. The van der Waals surface area contributed by atoms with E-state index in [1.54, 1.807) is 0 Å². The molecule has 78 valence electrons. The van der Waals surface area contributed by atoms with Crippen molar-refractivity contribution in [1.29, 1.82) is 0 Å². The lowest BCUT2D eigenvalue weighted by atomic mass is 9.98. The molecule has 0 aromatic rings. The average molecular weight is 185 g/mol. The van der Waals surface area contributed by atoms with Crippen molar-refractivity contribution in [1.82, 2.24) is 4.90 Å². The lowest BCUT2D eigenvalue weighted by Crippen LogP contribution is -2.30. The molecule has 1 atom stereocenters. The van der Waals surface area contributed by atoms with Crippen molar-refractivity contribution in [2.45, 2.75) is 45.6 Å². The fraction of sp³-hybridized carbons (Fsp3) is 1.00. The van der Waals surface area contributed by atoms with E-state index in [0.29, 0.717) is 0 Å². The van der Waals surface area contributed by atoms with E-state index in [4.69, 9.17) is 0 Å². The van der Waals surface area contributed by atoms with Gasteiger partial charge >= 0.3 is 0 Å². The van der Waals surface area contributed by atoms with Gasteiger partial charge in [-0.05, 0) is 38.6 Å². The molecule has 0 amide bonds. The van der Waals surface area contributed by atoms with Crippen LogP contribution in [0, 0.1) is 5.92 Å². The predicted molar refractivity (Wildman–Crippen MR) is 55.8 cm³/mol. The van der Waals surface area contributed by atoms with Gasteiger partial charge in [0.05, 0.1) is 5.60 Å². The van der Waals surface area contributed by atoms with Crippen LogP contribution in [0.15, 0.2) is 0 Å². The molecule has 1 aliphatic rings. The molecule has 2 heteroatoms. The fourth-order valence-electron chi connectivity index (χ4n) is 2.02. The smallest absolute Gasteiger partial charge is 0.0632 e. The summed E-state index contributed by atoms with van der Waals surface area (Å²) < 4.78 is 0. The fourth-order valence-corrected chi connectivity index (χ4v) is 2.02. The van der Waals surface area contributed by atoms with Crippen LogP contribution in [-0.4, -0.2) is 35.2 Å². The Morgan fingerprint density at radius 3 is 2.62 bits per heavy atom. The summed E-state index contributed by atoms with van der Waals surface area (Å²) in [6, 6.07) is 0. The second-order valence-electron chi connectivity index (χ2n) is 5.04. The molecular formula is C11H23NO. The second-order valence-corrected chi connectivity index (χ2v) is 5.04. The number of rotatable bonds is 2. The summed E-state index contributed by atoms with van der Waals surface area (Å²) in [7, 11) is 0. The van der Waals surface area contributed by atoms with Gasteiger partial charge in [-0.15, -0.1) is 0 Å². The van der Waals surface area contributed by atoms with Gasteiger partial charge in [0.15, 0.2) is 0 Å². The average Bonchev–Trinajstić information content (AvgIpc) is 2.12. The molecule has 0 radical (unpaired) electrons. The lowest BCUT2D eigenvalue weighted by Gasteiger charge is -2.23. The van der Waals surface area contributed by atoms with Crippen LogP contribution in [0.2, 0.25) is 0 Å². The molecule has 1 N–H and O–H groups in total. The van der Waals surface area contributed by atoms with Crippen LogP contribution in [-0.2, 0) is 0 Å². The second kappa shape index (κ2) is 4.43. The van der Waals surface area contributed by atoms with Crippen LogP contribution in [0.1, 0.15) is 40.0 Å². The maximum atomic E-state index is 9.88. The van der Waals surface area contributed by atoms with Crippen molar-refractivity contribution in [3.05, 3.63) is 0 Å². The zero-order valence-electron chi connectivity index (χ0n) is 9.21. The third kappa shape index (κ3) is 4.10. The van der Waals surface area contributed by atoms with E-state index in [-0.39, 0.29) is 0 Å². The molecule has 1 aliphatic heterocycles. The van der Waals surface area contributed by atoms with Gasteiger partial charge in [0.2, 0.25) is 0 Å². The summed E-state index contributed by atoms with van der Waals surface area (Å²) in [4.78, 5) is 2.48. The number of hydrogen-bond acceptors (Lipinski definition) is 2. The highest BCUT2D eigenvalue weighted by molar-refractivity contribution is 4.79. The number of nitrogens with zero attached hydrogens (tertiary/aromatic N) is 1. The molecule has 0 saturated carbocycles. The van der Waals surface area contributed by atoms with E-state index in [9.17, 15) is 5.11 Å². The Morgan fingerprint density at radius 1 is 1.31 bits per heavy atom. The number of hydrogen-bond donors (Lipinski definition) is 1. The Morgan fingerprint density at radius 2 is 2.00 bits per heavy atom. The first-order valence-corrected chi connectivity index (χ1v) is 5.44. The summed E-state index contributed by atoms with van der Waals surface area (Å²) in [6.07, 6.45) is 3.03. The molecule has 0 aromatic carbocycles. The lowest BCUT2D eigenvalue weighted by molar-refractivity contribution is 0.0443. The first-order valence-electron chi connectivity index (χ1n) is 5.44. The van der Waals surface area contributed by atoms with Gasteiger partial charge in [-0.2, -0.15) is 0 Å². The monoisotopic (exact) mass is 185 g/mol. The Labute approximate surface area is 81.9 Å². The van der Waals surface area contributed by atoms with E-state index in [1.165, 1.54) is 6.54 Å². The minimum atomic E-state index is -0.411. The molecule has 0 aromatic heterocycles. The summed E-state index contributed by atoms with van der Waals surface area (Å²) in [6.45, 7) is 9.87. The van der Waals surface area contributed by atoms with Gasteiger partial charge in [0.1, 0.15) is 0 Å². The van der Waals surface area contributed by atoms with Crippen molar-refractivity contribution in [2.75, 3.05) is 19.6 Å². The summed E-state index contributed by atoms with van der Waals surface area (Å²) in [5, 5.41) is 9.88. The first-order chi connectivity index (χ1) is 5.99. The normalized spacial score (nSPS) is 32.1. The molecule has 0 aliphatic carbocycles. The standard InChI is InChI=1S/C11H23NO/c1-10(2)9-12-7-4-5-11(3,13)6-8-12/h10,13H,4-9H2,1-3H3. The van der Waals surface area contributed by atoms with E-state index in [2.05, 4.69) is 18.7 Å². The number of likely N-dealkylation sites (tertiary alicyclic amines) is 1. The Hall–Kier alpha value is -0.0800. The highest BCUT2D eigenvalue weighted by atomic mass is 16.3. The Balaban J connectivity index is 2.36. The van der Waals surface area contributed by atoms with Gasteiger partial charge in [-0.3, -0.25) is 0 Å². The van der Waals surface area contributed by atoms with Crippen molar-refractivity contribution in [3.8, 4) is 0 Å². The van der Waals surface area contributed by atoms with Crippen LogP contribution >= 0.6 is 0 Å². The molecule has 1 fully saturated rings. The molecule has 1 saturated heterocycles. The largest absolute Gasteiger partial charge is 0.390 e. The predicted octanol–water partition coefficient (Wildman–Crippen LogP) is 1.88. The van der Waals surface area contributed by atoms with Gasteiger partial charge in [-0.1, -0.05) is 13.8 Å². The van der Waals surface area contributed by atoms with E-state index in [0.717, 1.165) is 38.3 Å². The molecule has 0 bridgehead atoms. The van der Waals surface area contributed by atoms with E-state index in [1.807, 2.05) is 6.92 Å². The molecule has 0 spiro atoms. The van der Waals surface area contributed by atoms with Gasteiger partial charge in [-0.25, -0.2) is 0 Å². The van der Waals surface area contributed by atoms with Crippen LogP contribution in [0.3, 0.4) is 0 Å². The van der Waals surface area contributed by atoms with Crippen LogP contribution < -0.4 is 0 Å². The topological polar surface area (TPSA) is 23.5 Å². The molecular weight excluding hydrogens is 162 g/mol. The molecule has 1 heterocycles. The summed E-state index contributed by atoms with van der Waals surface area (Å²) in [5.41, 5.74) is -0.411. The maximum Gasteiger partial charge on any atom is 0.0632 e. The molecule has 1 rings (SSSR count). The third-order valence-electron chi connectivity index (χ3n) is 2.78. The van der Waals surface area contributed by atoms with Crippen LogP contribution in [0.25, 0.3) is 0 Å². The quantitative estimate of drug-likeness (QED) is 0.710. The molecule has 1 unspecified atom stereocenters. The SMILES string of the molecule is CC(C)CN1CCCC(C)(O)CC1. The molecule has 2 nitrogen and oxygen atoms in total. The van der Waals surface area contributed by atoms with Crippen LogP contribution in [0.4, 0.5) is 0 Å². The Kier molecular flexibility index (Phi) is 3.74. The van der Waals surface area contributed by atoms with Crippen molar-refractivity contribution >= 4 is 0 Å². The molecule has 13 heavy (non-hydrogen) atoms. The zero-order chi connectivity index (χ0) is 9.90. The van der Waals surface area contributed by atoms with Crippen molar-refractivity contribution in [2.24, 2.45) is 5.92 Å². The zero-order valence-corrected chi connectivity index (χ0v) is 9.21. The Bertz CT molecular complexity index is 154. The minimum Gasteiger partial charge on any atom is -0.390 e. The highest BCUT2D eigenvalue weighted by Gasteiger charge is 2.24. The van der Waals surface area contributed by atoms with E-state index >= 15 is 0 Å². The minimum absolute atomic E-state index is 0.411. The summed E-state index contributed by atoms with van der Waals surface area (Å²) in [5.74, 6) is 0.739. The van der Waals surface area contributed by atoms with Gasteiger partial charge < -0.3 is 10.0 Å². The highest BCUT2D eigenvalue weighted by Crippen LogP contribution is 2.21. The van der Waals surface area contributed by atoms with E-state index < -0.39 is 5.60 Å². The van der Waals surface area contributed by atoms with Crippen molar-refractivity contribution in [3.63, 3.8) is 0 Å². The first kappa shape index (κ1) is 11.0. The van der Waals surface area contributed by atoms with Crippen molar-refractivity contribution < 1.29 is 5.11 Å². The maximum absolute atomic E-state index is 9.88. The van der Waals surface area contributed by atoms with Gasteiger partial charge in [0, 0.05) is 13.1 Å². The summed E-state index contributed by atoms with van der Waals surface area (Å²) >= 11 is 0. The van der Waals surface area contributed by atoms with Gasteiger partial charge in [0.25, 0.3) is 0 Å². The number of aliphatic hydroxyl groups is 1.